The zero-order valence-corrected chi connectivity index (χ0v) is 21.5. The predicted octanol–water partition coefficient (Wildman–Crippen LogP) is 5.09. The second kappa shape index (κ2) is 10.5. The van der Waals surface area contributed by atoms with Crippen LogP contribution in [0.3, 0.4) is 0 Å². The van der Waals surface area contributed by atoms with E-state index < -0.39 is 0 Å². The van der Waals surface area contributed by atoms with Gasteiger partial charge >= 0.3 is 0 Å². The molecule has 36 heavy (non-hydrogen) atoms. The number of nitrogens with zero attached hydrogens (tertiary/aromatic N) is 5. The van der Waals surface area contributed by atoms with Crippen molar-refractivity contribution in [2.45, 2.75) is 39.3 Å². The third-order valence-corrected chi connectivity index (χ3v) is 6.86. The molecule has 8 heteroatoms. The van der Waals surface area contributed by atoms with Gasteiger partial charge < -0.3 is 19.7 Å². The Morgan fingerprint density at radius 2 is 1.75 bits per heavy atom. The summed E-state index contributed by atoms with van der Waals surface area (Å²) in [5.74, 6) is 2.76. The summed E-state index contributed by atoms with van der Waals surface area (Å²) in [5, 5.41) is 9.09. The SMILES string of the molecule is COc1cc2nc(C)nc(NC(C)c3cccc(-c4cnn(CCN5CCCC5)c4)c3)c2cc1OC. The van der Waals surface area contributed by atoms with Crippen LogP contribution in [0, 0.1) is 6.92 Å². The maximum absolute atomic E-state index is 5.51. The van der Waals surface area contributed by atoms with Gasteiger partial charge in [0.2, 0.25) is 0 Å². The highest BCUT2D eigenvalue weighted by Gasteiger charge is 2.16. The summed E-state index contributed by atoms with van der Waals surface area (Å²) >= 11 is 0. The molecule has 2 aromatic heterocycles. The Labute approximate surface area is 212 Å². The minimum absolute atomic E-state index is 0.0285. The van der Waals surface area contributed by atoms with Crippen LogP contribution < -0.4 is 14.8 Å². The van der Waals surface area contributed by atoms with E-state index >= 15 is 0 Å². The molecule has 1 aliphatic heterocycles. The van der Waals surface area contributed by atoms with E-state index in [4.69, 9.17) is 14.5 Å². The van der Waals surface area contributed by atoms with Crippen LogP contribution in [0.25, 0.3) is 22.0 Å². The molecule has 4 aromatic rings. The van der Waals surface area contributed by atoms with Crippen molar-refractivity contribution in [3.8, 4) is 22.6 Å². The van der Waals surface area contributed by atoms with Crippen molar-refractivity contribution in [3.63, 3.8) is 0 Å². The topological polar surface area (TPSA) is 77.3 Å². The Kier molecular flexibility index (Phi) is 7.04. The van der Waals surface area contributed by atoms with Gasteiger partial charge in [-0.05, 0) is 63.0 Å². The molecule has 3 heterocycles. The van der Waals surface area contributed by atoms with Crippen molar-refractivity contribution in [1.82, 2.24) is 24.6 Å². The summed E-state index contributed by atoms with van der Waals surface area (Å²) in [6.45, 7) is 8.44. The second-order valence-electron chi connectivity index (χ2n) is 9.38. The molecule has 1 fully saturated rings. The monoisotopic (exact) mass is 486 g/mol. The van der Waals surface area contributed by atoms with Crippen LogP contribution in [-0.2, 0) is 6.54 Å². The number of likely N-dealkylation sites (tertiary alicyclic amines) is 1. The van der Waals surface area contributed by atoms with Crippen molar-refractivity contribution in [2.75, 3.05) is 39.2 Å². The zero-order chi connectivity index (χ0) is 25.1. The molecule has 0 bridgehead atoms. The van der Waals surface area contributed by atoms with E-state index in [2.05, 4.69) is 62.4 Å². The average molecular weight is 487 g/mol. The lowest BCUT2D eigenvalue weighted by atomic mass is 10.0. The molecule has 8 nitrogen and oxygen atoms in total. The molecule has 2 aromatic carbocycles. The molecular formula is C28H34N6O2. The first-order valence-electron chi connectivity index (χ1n) is 12.6. The number of fused-ring (bicyclic) bond motifs is 1. The Morgan fingerprint density at radius 1 is 0.972 bits per heavy atom. The smallest absolute Gasteiger partial charge is 0.162 e. The molecule has 0 spiro atoms. The van der Waals surface area contributed by atoms with E-state index in [-0.39, 0.29) is 6.04 Å². The summed E-state index contributed by atoms with van der Waals surface area (Å²) in [6, 6.07) is 12.4. The number of aromatic nitrogens is 4. The summed E-state index contributed by atoms with van der Waals surface area (Å²) in [7, 11) is 3.26. The fourth-order valence-corrected chi connectivity index (χ4v) is 4.84. The fraction of sp³-hybridized carbons (Fsp3) is 0.393. The molecule has 0 amide bonds. The molecule has 0 aliphatic carbocycles. The lowest BCUT2D eigenvalue weighted by Crippen LogP contribution is -2.24. The second-order valence-corrected chi connectivity index (χ2v) is 9.38. The predicted molar refractivity (Wildman–Crippen MR) is 143 cm³/mol. The number of aryl methyl sites for hydroxylation is 1. The molecule has 1 saturated heterocycles. The summed E-state index contributed by atoms with van der Waals surface area (Å²) in [4.78, 5) is 11.8. The number of hydrogen-bond acceptors (Lipinski definition) is 7. The Morgan fingerprint density at radius 3 is 2.53 bits per heavy atom. The Bertz CT molecular complexity index is 1350. The minimum Gasteiger partial charge on any atom is -0.493 e. The highest BCUT2D eigenvalue weighted by molar-refractivity contribution is 5.92. The molecule has 1 N–H and O–H groups in total. The van der Waals surface area contributed by atoms with Crippen LogP contribution in [0.5, 0.6) is 11.5 Å². The highest BCUT2D eigenvalue weighted by Crippen LogP contribution is 2.35. The van der Waals surface area contributed by atoms with Gasteiger partial charge in [-0.25, -0.2) is 9.97 Å². The van der Waals surface area contributed by atoms with E-state index in [0.29, 0.717) is 17.3 Å². The Hall–Kier alpha value is -3.65. The number of rotatable bonds is 9. The summed E-state index contributed by atoms with van der Waals surface area (Å²) in [6.07, 6.45) is 6.74. The van der Waals surface area contributed by atoms with Crippen molar-refractivity contribution >= 4 is 16.7 Å². The van der Waals surface area contributed by atoms with E-state index in [9.17, 15) is 0 Å². The fourth-order valence-electron chi connectivity index (χ4n) is 4.84. The van der Waals surface area contributed by atoms with Gasteiger partial charge in [-0.2, -0.15) is 5.10 Å². The van der Waals surface area contributed by atoms with Crippen LogP contribution in [0.4, 0.5) is 5.82 Å². The van der Waals surface area contributed by atoms with Crippen LogP contribution in [0.2, 0.25) is 0 Å². The zero-order valence-electron chi connectivity index (χ0n) is 21.5. The van der Waals surface area contributed by atoms with Crippen molar-refractivity contribution < 1.29 is 9.47 Å². The maximum Gasteiger partial charge on any atom is 0.162 e. The van der Waals surface area contributed by atoms with Crippen molar-refractivity contribution in [1.29, 1.82) is 0 Å². The molecule has 1 aliphatic rings. The van der Waals surface area contributed by atoms with Gasteiger partial charge in [-0.3, -0.25) is 4.68 Å². The maximum atomic E-state index is 5.51. The standard InChI is InChI=1S/C28H34N6O2/c1-19(30-28-24-15-26(35-3)27(36-4)16-25(24)31-20(2)32-28)21-8-7-9-22(14-21)23-17-29-34(18-23)13-12-33-10-5-6-11-33/h7-9,14-19H,5-6,10-13H2,1-4H3,(H,30,31,32). The minimum atomic E-state index is 0.0285. The number of ether oxygens (including phenoxy) is 2. The van der Waals surface area contributed by atoms with Gasteiger partial charge in [0.05, 0.1) is 32.5 Å². The first kappa shape index (κ1) is 24.1. The van der Waals surface area contributed by atoms with E-state index in [1.807, 2.05) is 25.3 Å². The van der Waals surface area contributed by atoms with Crippen LogP contribution in [0.15, 0.2) is 48.8 Å². The lowest BCUT2D eigenvalue weighted by molar-refractivity contribution is 0.316. The third kappa shape index (κ3) is 5.14. The first-order chi connectivity index (χ1) is 17.5. The number of anilines is 1. The quantitative estimate of drug-likeness (QED) is 0.353. The summed E-state index contributed by atoms with van der Waals surface area (Å²) in [5.41, 5.74) is 4.27. The largest absolute Gasteiger partial charge is 0.493 e. The number of methoxy groups -OCH3 is 2. The van der Waals surface area contributed by atoms with Crippen molar-refractivity contribution in [3.05, 3.63) is 60.2 Å². The Balaban J connectivity index is 1.35. The van der Waals surface area contributed by atoms with Crippen molar-refractivity contribution in [2.24, 2.45) is 0 Å². The van der Waals surface area contributed by atoms with Gasteiger partial charge in [0.1, 0.15) is 11.6 Å². The lowest BCUT2D eigenvalue weighted by Gasteiger charge is -2.18. The van der Waals surface area contributed by atoms with Gasteiger partial charge in [-0.15, -0.1) is 0 Å². The molecule has 0 radical (unpaired) electrons. The van der Waals surface area contributed by atoms with E-state index in [1.54, 1.807) is 14.2 Å². The average Bonchev–Trinajstić information content (AvgIpc) is 3.59. The number of hydrogen-bond donors (Lipinski definition) is 1. The van der Waals surface area contributed by atoms with Crippen LogP contribution >= 0.6 is 0 Å². The molecule has 1 unspecified atom stereocenters. The molecule has 5 rings (SSSR count). The van der Waals surface area contributed by atoms with Gasteiger partial charge in [0.15, 0.2) is 11.5 Å². The van der Waals surface area contributed by atoms with E-state index in [1.165, 1.54) is 31.5 Å². The molecule has 0 saturated carbocycles. The third-order valence-electron chi connectivity index (χ3n) is 6.86. The highest BCUT2D eigenvalue weighted by atomic mass is 16.5. The number of benzene rings is 2. The normalized spacial score (nSPS) is 14.8. The van der Waals surface area contributed by atoms with Gasteiger partial charge in [0.25, 0.3) is 0 Å². The van der Waals surface area contributed by atoms with Gasteiger partial charge in [-0.1, -0.05) is 18.2 Å². The molecule has 188 valence electrons. The van der Waals surface area contributed by atoms with Gasteiger partial charge in [0, 0.05) is 35.8 Å². The summed E-state index contributed by atoms with van der Waals surface area (Å²) < 4.78 is 13.0. The number of nitrogens with one attached hydrogen (secondary N) is 1. The molecule has 1 atom stereocenters. The van der Waals surface area contributed by atoms with E-state index in [0.717, 1.165) is 40.9 Å². The van der Waals surface area contributed by atoms with Crippen LogP contribution in [-0.4, -0.2) is 58.5 Å². The molecular weight excluding hydrogens is 452 g/mol. The first-order valence-corrected chi connectivity index (χ1v) is 12.6. The van der Waals surface area contributed by atoms with Crippen LogP contribution in [0.1, 0.15) is 37.2 Å².